The average molecular weight is 400 g/mol. The summed E-state index contributed by atoms with van der Waals surface area (Å²) >= 11 is 1.32. The highest BCUT2D eigenvalue weighted by molar-refractivity contribution is 7.99. The van der Waals surface area contributed by atoms with Gasteiger partial charge in [-0.1, -0.05) is 36.0 Å². The first-order chi connectivity index (χ1) is 13.6. The first-order valence-corrected chi connectivity index (χ1v) is 9.81. The number of carbonyl (C=O) groups is 1. The van der Waals surface area contributed by atoms with Gasteiger partial charge in [0.1, 0.15) is 11.6 Å². The van der Waals surface area contributed by atoms with Crippen LogP contribution in [0.15, 0.2) is 53.7 Å². The number of thioether (sulfide) groups is 1. The molecule has 2 aromatic carbocycles. The number of aromatic nitrogens is 3. The zero-order valence-electron chi connectivity index (χ0n) is 15.7. The molecule has 0 aliphatic rings. The van der Waals surface area contributed by atoms with Crippen molar-refractivity contribution in [3.63, 3.8) is 0 Å². The number of nitrogens with zero attached hydrogens (tertiary/aromatic N) is 3. The number of para-hydroxylation sites is 1. The largest absolute Gasteiger partial charge is 0.496 e. The van der Waals surface area contributed by atoms with Crippen molar-refractivity contribution in [1.82, 2.24) is 20.1 Å². The van der Waals surface area contributed by atoms with E-state index in [-0.39, 0.29) is 17.5 Å². The predicted molar refractivity (Wildman–Crippen MR) is 107 cm³/mol. The Balaban J connectivity index is 1.64. The highest BCUT2D eigenvalue weighted by atomic mass is 32.2. The van der Waals surface area contributed by atoms with Crippen molar-refractivity contribution in [2.75, 3.05) is 12.9 Å². The summed E-state index contributed by atoms with van der Waals surface area (Å²) in [4.78, 5) is 12.2. The number of nitrogens with one attached hydrogen (secondary N) is 1. The van der Waals surface area contributed by atoms with Crippen LogP contribution < -0.4 is 10.1 Å². The van der Waals surface area contributed by atoms with Crippen molar-refractivity contribution >= 4 is 17.7 Å². The zero-order chi connectivity index (χ0) is 19.9. The Bertz CT molecular complexity index is 944. The van der Waals surface area contributed by atoms with Gasteiger partial charge in [0.2, 0.25) is 5.91 Å². The third-order valence-electron chi connectivity index (χ3n) is 4.12. The van der Waals surface area contributed by atoms with Gasteiger partial charge < -0.3 is 14.6 Å². The van der Waals surface area contributed by atoms with Crippen LogP contribution in [0.25, 0.3) is 11.4 Å². The Kier molecular flexibility index (Phi) is 6.65. The van der Waals surface area contributed by atoms with Crippen LogP contribution in [0.1, 0.15) is 12.5 Å². The number of benzene rings is 2. The summed E-state index contributed by atoms with van der Waals surface area (Å²) < 4.78 is 20.3. The maximum atomic E-state index is 12.9. The molecular formula is C20H21FN4O2S. The van der Waals surface area contributed by atoms with E-state index in [1.54, 1.807) is 19.2 Å². The number of rotatable bonds is 8. The van der Waals surface area contributed by atoms with Gasteiger partial charge in [0, 0.05) is 13.1 Å². The molecule has 0 unspecified atom stereocenters. The van der Waals surface area contributed by atoms with E-state index in [2.05, 4.69) is 15.5 Å². The first kappa shape index (κ1) is 19.9. The maximum absolute atomic E-state index is 12.9. The molecule has 0 spiro atoms. The number of ether oxygens (including phenoxy) is 1. The molecule has 146 valence electrons. The second kappa shape index (κ2) is 9.36. The molecule has 1 N–H and O–H groups in total. The van der Waals surface area contributed by atoms with Gasteiger partial charge in [-0.25, -0.2) is 4.39 Å². The smallest absolute Gasteiger partial charge is 0.230 e. The van der Waals surface area contributed by atoms with Crippen molar-refractivity contribution in [1.29, 1.82) is 0 Å². The highest BCUT2D eigenvalue weighted by Crippen LogP contribution is 2.30. The normalized spacial score (nSPS) is 10.7. The molecule has 8 heteroatoms. The lowest BCUT2D eigenvalue weighted by atomic mass is 10.2. The van der Waals surface area contributed by atoms with Gasteiger partial charge in [0.05, 0.1) is 18.4 Å². The summed E-state index contributed by atoms with van der Waals surface area (Å²) in [6, 6.07) is 13.7. The highest BCUT2D eigenvalue weighted by Gasteiger charge is 2.17. The average Bonchev–Trinajstić information content (AvgIpc) is 3.14. The molecule has 3 aromatic rings. The molecule has 1 amide bonds. The second-order valence-electron chi connectivity index (χ2n) is 5.94. The van der Waals surface area contributed by atoms with Gasteiger partial charge in [-0.05, 0) is 36.8 Å². The van der Waals surface area contributed by atoms with Crippen molar-refractivity contribution < 1.29 is 13.9 Å². The molecule has 1 aromatic heterocycles. The van der Waals surface area contributed by atoms with E-state index in [1.165, 1.54) is 23.9 Å². The molecule has 0 saturated heterocycles. The molecule has 6 nitrogen and oxygen atoms in total. The van der Waals surface area contributed by atoms with Crippen molar-refractivity contribution in [3.05, 3.63) is 59.9 Å². The molecule has 0 radical (unpaired) electrons. The number of hydrogen-bond acceptors (Lipinski definition) is 5. The van der Waals surface area contributed by atoms with Crippen LogP contribution in [0.3, 0.4) is 0 Å². The Labute approximate surface area is 167 Å². The van der Waals surface area contributed by atoms with Crippen LogP contribution in [-0.4, -0.2) is 33.5 Å². The number of hydrogen-bond donors (Lipinski definition) is 1. The van der Waals surface area contributed by atoms with Crippen LogP contribution in [0.4, 0.5) is 4.39 Å². The van der Waals surface area contributed by atoms with Gasteiger partial charge in [-0.2, -0.15) is 0 Å². The van der Waals surface area contributed by atoms with E-state index < -0.39 is 0 Å². The van der Waals surface area contributed by atoms with Gasteiger partial charge >= 0.3 is 0 Å². The number of halogens is 1. The Hall–Kier alpha value is -2.87. The zero-order valence-corrected chi connectivity index (χ0v) is 16.5. The van der Waals surface area contributed by atoms with Crippen LogP contribution in [0.5, 0.6) is 5.75 Å². The molecule has 0 aliphatic carbocycles. The van der Waals surface area contributed by atoms with Crippen LogP contribution >= 0.6 is 11.8 Å². The maximum Gasteiger partial charge on any atom is 0.230 e. The monoisotopic (exact) mass is 400 g/mol. The van der Waals surface area contributed by atoms with Gasteiger partial charge in [-0.15, -0.1) is 10.2 Å². The lowest BCUT2D eigenvalue weighted by molar-refractivity contribution is -0.118. The lowest BCUT2D eigenvalue weighted by Gasteiger charge is -2.10. The third kappa shape index (κ3) is 4.69. The fraction of sp³-hybridized carbons (Fsp3) is 0.250. The van der Waals surface area contributed by atoms with E-state index in [1.807, 2.05) is 35.8 Å². The van der Waals surface area contributed by atoms with Gasteiger partial charge in [0.25, 0.3) is 0 Å². The molecule has 28 heavy (non-hydrogen) atoms. The number of carbonyl (C=O) groups excluding carboxylic acids is 1. The van der Waals surface area contributed by atoms with E-state index in [0.29, 0.717) is 24.1 Å². The minimum absolute atomic E-state index is 0.126. The van der Waals surface area contributed by atoms with Crippen molar-refractivity contribution in [2.24, 2.45) is 0 Å². The van der Waals surface area contributed by atoms with E-state index in [0.717, 1.165) is 16.9 Å². The minimum atomic E-state index is -0.296. The summed E-state index contributed by atoms with van der Waals surface area (Å²) in [6.07, 6.45) is 0. The van der Waals surface area contributed by atoms with E-state index in [9.17, 15) is 9.18 Å². The molecular weight excluding hydrogens is 379 g/mol. The SMILES string of the molecule is CCn1c(SCC(=O)NCc2ccc(F)cc2)nnc1-c1ccccc1OC. The van der Waals surface area contributed by atoms with Gasteiger partial charge in [0.15, 0.2) is 11.0 Å². The Morgan fingerprint density at radius 3 is 2.64 bits per heavy atom. The number of methoxy groups -OCH3 is 1. The molecule has 0 bridgehead atoms. The number of amides is 1. The second-order valence-corrected chi connectivity index (χ2v) is 6.89. The molecule has 0 aliphatic heterocycles. The molecule has 0 atom stereocenters. The lowest BCUT2D eigenvalue weighted by Crippen LogP contribution is -2.24. The Morgan fingerprint density at radius 2 is 1.93 bits per heavy atom. The standard InChI is InChI=1S/C20H21FN4O2S/c1-3-25-19(16-6-4-5-7-17(16)27-2)23-24-20(25)28-13-18(26)22-12-14-8-10-15(21)11-9-14/h4-11H,3,12-13H2,1-2H3,(H,22,26). The fourth-order valence-electron chi connectivity index (χ4n) is 2.69. The molecule has 1 heterocycles. The summed E-state index contributed by atoms with van der Waals surface area (Å²) in [7, 11) is 1.62. The molecule has 3 rings (SSSR count). The first-order valence-electron chi connectivity index (χ1n) is 8.83. The van der Waals surface area contributed by atoms with E-state index >= 15 is 0 Å². The summed E-state index contributed by atoms with van der Waals surface area (Å²) in [5.41, 5.74) is 1.70. The fourth-order valence-corrected chi connectivity index (χ4v) is 3.53. The molecule has 0 saturated carbocycles. The summed E-state index contributed by atoms with van der Waals surface area (Å²) in [6.45, 7) is 3.02. The minimum Gasteiger partial charge on any atom is -0.496 e. The molecule has 0 fully saturated rings. The van der Waals surface area contributed by atoms with Crippen LogP contribution in [-0.2, 0) is 17.9 Å². The van der Waals surface area contributed by atoms with Crippen LogP contribution in [0.2, 0.25) is 0 Å². The summed E-state index contributed by atoms with van der Waals surface area (Å²) in [5.74, 6) is 1.21. The third-order valence-corrected chi connectivity index (χ3v) is 5.08. The van der Waals surface area contributed by atoms with Crippen molar-refractivity contribution in [2.45, 2.75) is 25.2 Å². The van der Waals surface area contributed by atoms with E-state index in [4.69, 9.17) is 4.74 Å². The Morgan fingerprint density at radius 1 is 1.18 bits per heavy atom. The van der Waals surface area contributed by atoms with Gasteiger partial charge in [-0.3, -0.25) is 4.79 Å². The topological polar surface area (TPSA) is 69.0 Å². The van der Waals surface area contributed by atoms with Crippen LogP contribution in [0, 0.1) is 5.82 Å². The van der Waals surface area contributed by atoms with Crippen molar-refractivity contribution in [3.8, 4) is 17.1 Å². The predicted octanol–water partition coefficient (Wildman–Crippen LogP) is 3.52. The quantitative estimate of drug-likeness (QED) is 0.586. The summed E-state index contributed by atoms with van der Waals surface area (Å²) in [5, 5.41) is 12.0.